The minimum Gasteiger partial charge on any atom is -0.477 e. The average Bonchev–Trinajstić information content (AvgIpc) is 2.53. The van der Waals surface area contributed by atoms with E-state index in [2.05, 4.69) is 0 Å². The van der Waals surface area contributed by atoms with Gasteiger partial charge in [-0.2, -0.15) is 13.2 Å². The highest BCUT2D eigenvalue weighted by atomic mass is 31.2. The summed E-state index contributed by atoms with van der Waals surface area (Å²) in [5.41, 5.74) is -0.783. The Balaban J connectivity index is 2.57. The monoisotopic (exact) mass is 350 g/mol. The van der Waals surface area contributed by atoms with E-state index in [0.717, 1.165) is 50.8 Å². The van der Waals surface area contributed by atoms with Crippen LogP contribution in [0.1, 0.15) is 17.5 Å². The van der Waals surface area contributed by atoms with Crippen LogP contribution in [0.25, 0.3) is 0 Å². The van der Waals surface area contributed by atoms with Gasteiger partial charge in [0, 0.05) is 25.9 Å². The Morgan fingerprint density at radius 1 is 1.17 bits per heavy atom. The SMILES string of the molecule is COP(=O)(OC)C1(c2ccc(C(F)(F)F)cc2)CC(=O)C=CO1. The molecule has 1 heterocycles. The minimum atomic E-state index is -4.51. The Hall–Kier alpha value is -1.63. The van der Waals surface area contributed by atoms with E-state index >= 15 is 0 Å². The lowest BCUT2D eigenvalue weighted by atomic mass is 10.0. The van der Waals surface area contributed by atoms with Crippen molar-refractivity contribution in [1.82, 2.24) is 0 Å². The standard InChI is InChI=1S/C14H14F3O5P/c1-20-23(19,21-2)13(9-12(18)7-8-22-13)10-3-5-11(6-4-10)14(15,16)17/h3-8H,9H2,1-2H3. The molecule has 126 valence electrons. The van der Waals surface area contributed by atoms with Crippen molar-refractivity contribution in [2.75, 3.05) is 14.2 Å². The van der Waals surface area contributed by atoms with Crippen LogP contribution in [0, 0.1) is 0 Å². The molecule has 1 aromatic rings. The molecule has 1 aromatic carbocycles. The van der Waals surface area contributed by atoms with Gasteiger partial charge in [0.25, 0.3) is 0 Å². The number of ether oxygens (including phenoxy) is 1. The van der Waals surface area contributed by atoms with Crippen molar-refractivity contribution >= 4 is 13.4 Å². The average molecular weight is 350 g/mol. The van der Waals surface area contributed by atoms with Crippen molar-refractivity contribution in [1.29, 1.82) is 0 Å². The molecule has 0 saturated heterocycles. The Bertz CT molecular complexity index is 660. The number of benzene rings is 1. The third-order valence-electron chi connectivity index (χ3n) is 3.52. The molecule has 1 atom stereocenters. The van der Waals surface area contributed by atoms with Gasteiger partial charge >= 0.3 is 13.8 Å². The molecule has 2 rings (SSSR count). The maximum Gasteiger partial charge on any atom is 0.416 e. The number of carbonyl (C=O) groups excluding carboxylic acids is 1. The number of rotatable bonds is 4. The molecule has 1 aliphatic rings. The highest BCUT2D eigenvalue weighted by Crippen LogP contribution is 2.67. The summed E-state index contributed by atoms with van der Waals surface area (Å²) >= 11 is 0. The van der Waals surface area contributed by atoms with Gasteiger partial charge in [0.2, 0.25) is 5.34 Å². The second-order valence-corrected chi connectivity index (χ2v) is 7.23. The molecule has 0 aromatic heterocycles. The number of allylic oxidation sites excluding steroid dienone is 1. The molecule has 23 heavy (non-hydrogen) atoms. The van der Waals surface area contributed by atoms with Gasteiger partial charge in [-0.1, -0.05) is 12.1 Å². The fourth-order valence-corrected chi connectivity index (χ4v) is 4.08. The fourth-order valence-electron chi connectivity index (χ4n) is 2.34. The lowest BCUT2D eigenvalue weighted by Gasteiger charge is -2.38. The summed E-state index contributed by atoms with van der Waals surface area (Å²) < 4.78 is 66.2. The van der Waals surface area contributed by atoms with E-state index in [1.54, 1.807) is 0 Å². The van der Waals surface area contributed by atoms with Gasteiger partial charge in [-0.15, -0.1) is 0 Å². The van der Waals surface area contributed by atoms with E-state index in [-0.39, 0.29) is 12.0 Å². The van der Waals surface area contributed by atoms with E-state index in [1.807, 2.05) is 0 Å². The minimum absolute atomic E-state index is 0.0928. The molecule has 0 aliphatic carbocycles. The van der Waals surface area contributed by atoms with Crippen molar-refractivity contribution in [3.05, 3.63) is 47.7 Å². The van der Waals surface area contributed by atoms with Crippen LogP contribution in [-0.2, 0) is 34.7 Å². The fraction of sp³-hybridized carbons (Fsp3) is 0.357. The molecule has 0 N–H and O–H groups in total. The van der Waals surface area contributed by atoms with Gasteiger partial charge in [-0.3, -0.25) is 9.36 Å². The molecule has 0 amide bonds. The van der Waals surface area contributed by atoms with Gasteiger partial charge in [-0.25, -0.2) is 0 Å². The predicted molar refractivity (Wildman–Crippen MR) is 74.6 cm³/mol. The van der Waals surface area contributed by atoms with Crippen LogP contribution in [0.3, 0.4) is 0 Å². The highest BCUT2D eigenvalue weighted by Gasteiger charge is 2.56. The maximum absolute atomic E-state index is 12.9. The maximum atomic E-state index is 12.9. The van der Waals surface area contributed by atoms with E-state index < -0.39 is 30.5 Å². The van der Waals surface area contributed by atoms with Gasteiger partial charge in [0.05, 0.1) is 18.2 Å². The first-order valence-corrected chi connectivity index (χ1v) is 7.99. The summed E-state index contributed by atoms with van der Waals surface area (Å²) in [5, 5.41) is -1.83. The van der Waals surface area contributed by atoms with Crippen LogP contribution in [-0.4, -0.2) is 20.0 Å². The van der Waals surface area contributed by atoms with Crippen molar-refractivity contribution in [3.8, 4) is 0 Å². The summed E-state index contributed by atoms with van der Waals surface area (Å²) in [6.45, 7) is 0. The molecule has 9 heteroatoms. The first kappa shape index (κ1) is 17.7. The third-order valence-corrected chi connectivity index (χ3v) is 5.89. The Morgan fingerprint density at radius 3 is 2.17 bits per heavy atom. The molecular weight excluding hydrogens is 336 g/mol. The first-order valence-electron chi connectivity index (χ1n) is 6.45. The number of carbonyl (C=O) groups is 1. The summed E-state index contributed by atoms with van der Waals surface area (Å²) in [6.07, 6.45) is -2.72. The van der Waals surface area contributed by atoms with Gasteiger partial charge in [0.1, 0.15) is 0 Å². The Morgan fingerprint density at radius 2 is 1.74 bits per heavy atom. The van der Waals surface area contributed by atoms with Gasteiger partial charge in [0.15, 0.2) is 5.78 Å². The Labute approximate surface area is 130 Å². The molecule has 0 saturated carbocycles. The zero-order valence-corrected chi connectivity index (χ0v) is 13.2. The van der Waals surface area contributed by atoms with Crippen molar-refractivity contribution in [3.63, 3.8) is 0 Å². The third kappa shape index (κ3) is 3.06. The number of hydrogen-bond donors (Lipinski definition) is 0. The predicted octanol–water partition coefficient (Wildman–Crippen LogP) is 3.85. The van der Waals surface area contributed by atoms with E-state index in [0.29, 0.717) is 0 Å². The molecule has 0 radical (unpaired) electrons. The largest absolute Gasteiger partial charge is 0.477 e. The smallest absolute Gasteiger partial charge is 0.416 e. The Kier molecular flexibility index (Phi) is 4.71. The molecule has 5 nitrogen and oxygen atoms in total. The molecular formula is C14H14F3O5P. The van der Waals surface area contributed by atoms with Crippen molar-refractivity contribution in [2.24, 2.45) is 0 Å². The first-order chi connectivity index (χ1) is 10.7. The second kappa shape index (κ2) is 6.11. The van der Waals surface area contributed by atoms with E-state index in [9.17, 15) is 22.5 Å². The summed E-state index contributed by atoms with van der Waals surface area (Å²) in [4.78, 5) is 11.8. The van der Waals surface area contributed by atoms with Crippen LogP contribution in [0.5, 0.6) is 0 Å². The summed E-state index contributed by atoms with van der Waals surface area (Å²) in [5.74, 6) is -0.412. The lowest BCUT2D eigenvalue weighted by molar-refractivity contribution is -0.137. The number of hydrogen-bond acceptors (Lipinski definition) is 5. The van der Waals surface area contributed by atoms with Crippen LogP contribution in [0.4, 0.5) is 13.2 Å². The van der Waals surface area contributed by atoms with Crippen LogP contribution >= 0.6 is 7.60 Å². The molecule has 0 bridgehead atoms. The van der Waals surface area contributed by atoms with Crippen LogP contribution in [0.2, 0.25) is 0 Å². The van der Waals surface area contributed by atoms with Crippen LogP contribution in [0.15, 0.2) is 36.6 Å². The normalized spacial score (nSPS) is 22.0. The molecule has 0 fully saturated rings. The van der Waals surface area contributed by atoms with E-state index in [1.165, 1.54) is 0 Å². The molecule has 1 aliphatic heterocycles. The summed E-state index contributed by atoms with van der Waals surface area (Å²) in [7, 11) is -1.75. The van der Waals surface area contributed by atoms with Gasteiger partial charge in [-0.05, 0) is 12.1 Å². The van der Waals surface area contributed by atoms with Crippen molar-refractivity contribution < 1.29 is 36.3 Å². The van der Waals surface area contributed by atoms with E-state index in [4.69, 9.17) is 13.8 Å². The molecule has 1 unspecified atom stereocenters. The molecule has 0 spiro atoms. The quantitative estimate of drug-likeness (QED) is 0.772. The topological polar surface area (TPSA) is 61.8 Å². The zero-order chi connectivity index (χ0) is 17.3. The van der Waals surface area contributed by atoms with Gasteiger partial charge < -0.3 is 13.8 Å². The number of halogens is 3. The van der Waals surface area contributed by atoms with Crippen molar-refractivity contribution in [2.45, 2.75) is 17.9 Å². The second-order valence-electron chi connectivity index (χ2n) is 4.79. The summed E-state index contributed by atoms with van der Waals surface area (Å²) in [6, 6.07) is 3.83. The number of ketones is 1. The number of alkyl halides is 3. The van der Waals surface area contributed by atoms with Crippen LogP contribution < -0.4 is 0 Å². The lowest BCUT2D eigenvalue weighted by Crippen LogP contribution is -2.34. The zero-order valence-electron chi connectivity index (χ0n) is 12.3. The highest BCUT2D eigenvalue weighted by molar-refractivity contribution is 7.55.